The van der Waals surface area contributed by atoms with E-state index in [1.807, 2.05) is 6.08 Å². The molecule has 1 atom stereocenters. The largest absolute Gasteiger partial charge is 0.389 e. The fourth-order valence-electron chi connectivity index (χ4n) is 0.827. The van der Waals surface area contributed by atoms with Gasteiger partial charge >= 0.3 is 0 Å². The molecule has 0 aliphatic heterocycles. The van der Waals surface area contributed by atoms with Crippen LogP contribution >= 0.6 is 0 Å². The van der Waals surface area contributed by atoms with E-state index < -0.39 is 0 Å². The Morgan fingerprint density at radius 2 is 1.89 bits per heavy atom. The van der Waals surface area contributed by atoms with E-state index in [9.17, 15) is 0 Å². The Kier molecular flexibility index (Phi) is 4.41. The van der Waals surface area contributed by atoms with Gasteiger partial charge in [0.25, 0.3) is 0 Å². The van der Waals surface area contributed by atoms with Crippen LogP contribution in [0.1, 0.15) is 33.6 Å². The van der Waals surface area contributed by atoms with E-state index in [0.29, 0.717) is 0 Å². The zero-order chi connectivity index (χ0) is 7.28. The second-order valence-corrected chi connectivity index (χ2v) is 2.27. The molecule has 0 aromatic carbocycles. The van der Waals surface area contributed by atoms with Crippen molar-refractivity contribution >= 4 is 0 Å². The van der Waals surface area contributed by atoms with Gasteiger partial charge in [0.05, 0.1) is 6.10 Å². The van der Waals surface area contributed by atoms with Crippen molar-refractivity contribution in [3.8, 4) is 0 Å². The Labute approximate surface area is 57.4 Å². The highest BCUT2D eigenvalue weighted by Gasteiger charge is 1.91. The first-order valence-corrected chi connectivity index (χ1v) is 3.58. The number of rotatable bonds is 3. The van der Waals surface area contributed by atoms with Crippen molar-refractivity contribution in [2.75, 3.05) is 0 Å². The molecule has 0 saturated heterocycles. The van der Waals surface area contributed by atoms with E-state index in [0.717, 1.165) is 12.8 Å². The molecule has 0 amide bonds. The molecule has 0 radical (unpaired) electrons. The van der Waals surface area contributed by atoms with Gasteiger partial charge in [-0.05, 0) is 19.8 Å². The highest BCUT2D eigenvalue weighted by molar-refractivity contribution is 5.02. The van der Waals surface area contributed by atoms with Crippen LogP contribution in [0, 0.1) is 0 Å². The summed E-state index contributed by atoms with van der Waals surface area (Å²) in [7, 11) is 0. The lowest BCUT2D eigenvalue weighted by atomic mass is 10.1. The summed E-state index contributed by atoms with van der Waals surface area (Å²) in [5.74, 6) is 0. The molecule has 1 unspecified atom stereocenters. The van der Waals surface area contributed by atoms with E-state index in [2.05, 4.69) is 13.8 Å². The molecule has 0 saturated carbocycles. The Hall–Kier alpha value is -0.300. The second-order valence-electron chi connectivity index (χ2n) is 2.27. The Bertz CT molecular complexity index is 86.7. The monoisotopic (exact) mass is 128 g/mol. The minimum atomic E-state index is -0.278. The maximum Gasteiger partial charge on any atom is 0.0695 e. The summed E-state index contributed by atoms with van der Waals surface area (Å²) < 4.78 is 0. The number of hydrogen-bond acceptors (Lipinski definition) is 1. The van der Waals surface area contributed by atoms with Crippen LogP contribution in [0.25, 0.3) is 0 Å². The molecule has 1 N–H and O–H groups in total. The van der Waals surface area contributed by atoms with Crippen molar-refractivity contribution in [3.63, 3.8) is 0 Å². The lowest BCUT2D eigenvalue weighted by molar-refractivity contribution is 0.242. The molecule has 1 heteroatoms. The SMILES string of the molecule is CCC(=CC(C)O)CC. The second kappa shape index (κ2) is 4.57. The zero-order valence-corrected chi connectivity index (χ0v) is 6.52. The molecule has 0 spiro atoms. The molecule has 0 aliphatic rings. The third-order valence-corrected chi connectivity index (χ3v) is 1.39. The number of aliphatic hydroxyl groups excluding tert-OH is 1. The van der Waals surface area contributed by atoms with Crippen LogP contribution < -0.4 is 0 Å². The molecule has 0 heterocycles. The van der Waals surface area contributed by atoms with Gasteiger partial charge in [-0.1, -0.05) is 25.5 Å². The van der Waals surface area contributed by atoms with Crippen molar-refractivity contribution in [2.24, 2.45) is 0 Å². The number of aliphatic hydroxyl groups is 1. The fourth-order valence-corrected chi connectivity index (χ4v) is 0.827. The van der Waals surface area contributed by atoms with Gasteiger partial charge in [-0.2, -0.15) is 0 Å². The summed E-state index contributed by atoms with van der Waals surface area (Å²) in [5.41, 5.74) is 1.34. The van der Waals surface area contributed by atoms with Gasteiger partial charge in [0, 0.05) is 0 Å². The van der Waals surface area contributed by atoms with Gasteiger partial charge in [-0.15, -0.1) is 0 Å². The van der Waals surface area contributed by atoms with Crippen LogP contribution in [0.2, 0.25) is 0 Å². The maximum absolute atomic E-state index is 8.91. The minimum Gasteiger partial charge on any atom is -0.389 e. The van der Waals surface area contributed by atoms with Crippen LogP contribution in [0.15, 0.2) is 11.6 Å². The van der Waals surface area contributed by atoms with Gasteiger partial charge < -0.3 is 5.11 Å². The van der Waals surface area contributed by atoms with E-state index >= 15 is 0 Å². The van der Waals surface area contributed by atoms with Gasteiger partial charge in [-0.25, -0.2) is 0 Å². The van der Waals surface area contributed by atoms with E-state index in [1.54, 1.807) is 6.92 Å². The topological polar surface area (TPSA) is 20.2 Å². The minimum absolute atomic E-state index is 0.278. The van der Waals surface area contributed by atoms with Crippen LogP contribution in [0.4, 0.5) is 0 Å². The molecular weight excluding hydrogens is 112 g/mol. The van der Waals surface area contributed by atoms with Crippen LogP contribution in [-0.2, 0) is 0 Å². The first kappa shape index (κ1) is 8.70. The maximum atomic E-state index is 8.91. The third-order valence-electron chi connectivity index (χ3n) is 1.39. The number of hydrogen-bond donors (Lipinski definition) is 1. The highest BCUT2D eigenvalue weighted by atomic mass is 16.3. The molecule has 0 aliphatic carbocycles. The quantitative estimate of drug-likeness (QED) is 0.577. The molecule has 54 valence electrons. The van der Waals surface area contributed by atoms with Crippen molar-refractivity contribution in [1.29, 1.82) is 0 Å². The first-order chi connectivity index (χ1) is 4.20. The Morgan fingerprint density at radius 3 is 2.00 bits per heavy atom. The lowest BCUT2D eigenvalue weighted by Crippen LogP contribution is -1.94. The van der Waals surface area contributed by atoms with E-state index in [4.69, 9.17) is 5.11 Å². The fraction of sp³-hybridized carbons (Fsp3) is 0.750. The van der Waals surface area contributed by atoms with Crippen molar-refractivity contribution < 1.29 is 5.11 Å². The van der Waals surface area contributed by atoms with Gasteiger partial charge in [0.15, 0.2) is 0 Å². The zero-order valence-electron chi connectivity index (χ0n) is 6.52. The standard InChI is InChI=1S/C8H16O/c1-4-8(5-2)6-7(3)9/h6-7,9H,4-5H2,1-3H3. The molecule has 0 aromatic rings. The van der Waals surface area contributed by atoms with Gasteiger partial charge in [0.1, 0.15) is 0 Å². The van der Waals surface area contributed by atoms with Crippen LogP contribution in [0.3, 0.4) is 0 Å². The molecule has 0 bridgehead atoms. The average molecular weight is 128 g/mol. The summed E-state index contributed by atoms with van der Waals surface area (Å²) in [6.07, 6.45) is 3.75. The third kappa shape index (κ3) is 4.22. The van der Waals surface area contributed by atoms with Crippen LogP contribution in [0.5, 0.6) is 0 Å². The summed E-state index contributed by atoms with van der Waals surface area (Å²) >= 11 is 0. The average Bonchev–Trinajstić information content (AvgIpc) is 1.82. The van der Waals surface area contributed by atoms with Gasteiger partial charge in [-0.3, -0.25) is 0 Å². The normalized spacial score (nSPS) is 12.9. The lowest BCUT2D eigenvalue weighted by Gasteiger charge is -2.00. The van der Waals surface area contributed by atoms with Crippen molar-refractivity contribution in [1.82, 2.24) is 0 Å². The number of allylic oxidation sites excluding steroid dienone is 1. The summed E-state index contributed by atoms with van der Waals surface area (Å²) in [4.78, 5) is 0. The first-order valence-electron chi connectivity index (χ1n) is 3.58. The van der Waals surface area contributed by atoms with Crippen molar-refractivity contribution in [2.45, 2.75) is 39.7 Å². The molecule has 0 fully saturated rings. The summed E-state index contributed by atoms with van der Waals surface area (Å²) in [5, 5.41) is 8.91. The molecular formula is C8H16O. The predicted octanol–water partition coefficient (Wildman–Crippen LogP) is 2.11. The summed E-state index contributed by atoms with van der Waals surface area (Å²) in [6.45, 7) is 6.00. The Morgan fingerprint density at radius 1 is 1.44 bits per heavy atom. The van der Waals surface area contributed by atoms with Crippen molar-refractivity contribution in [3.05, 3.63) is 11.6 Å². The molecule has 1 nitrogen and oxygen atoms in total. The smallest absolute Gasteiger partial charge is 0.0695 e. The Balaban J connectivity index is 3.75. The van der Waals surface area contributed by atoms with Gasteiger partial charge in [0.2, 0.25) is 0 Å². The van der Waals surface area contributed by atoms with E-state index in [1.165, 1.54) is 5.57 Å². The predicted molar refractivity (Wildman–Crippen MR) is 40.3 cm³/mol. The molecule has 0 rings (SSSR count). The summed E-state index contributed by atoms with van der Waals surface area (Å²) in [6, 6.07) is 0. The van der Waals surface area contributed by atoms with Crippen LogP contribution in [-0.4, -0.2) is 11.2 Å². The molecule has 9 heavy (non-hydrogen) atoms. The van der Waals surface area contributed by atoms with E-state index in [-0.39, 0.29) is 6.10 Å². The highest BCUT2D eigenvalue weighted by Crippen LogP contribution is 2.05. The molecule has 0 aromatic heterocycles.